The Labute approximate surface area is 109 Å². The summed E-state index contributed by atoms with van der Waals surface area (Å²) >= 11 is 0. The maximum atomic E-state index is 11.7. The van der Waals surface area contributed by atoms with E-state index >= 15 is 0 Å². The van der Waals surface area contributed by atoms with Gasteiger partial charge in [0.05, 0.1) is 0 Å². The van der Waals surface area contributed by atoms with Gasteiger partial charge in [-0.05, 0) is 39.7 Å². The Bertz CT molecular complexity index is 330. The monoisotopic (exact) mass is 253 g/mol. The molecule has 0 radical (unpaired) electrons. The van der Waals surface area contributed by atoms with Crippen molar-refractivity contribution >= 4 is 11.9 Å². The molecule has 0 aliphatic heterocycles. The number of amides is 1. The molecule has 0 heterocycles. The van der Waals surface area contributed by atoms with Crippen LogP contribution in [-0.2, 0) is 9.53 Å². The second kappa shape index (κ2) is 6.03. The van der Waals surface area contributed by atoms with Crippen molar-refractivity contribution in [3.63, 3.8) is 0 Å². The van der Waals surface area contributed by atoms with Gasteiger partial charge in [-0.1, -0.05) is 19.4 Å². The number of carbonyl (C=O) groups is 2. The minimum Gasteiger partial charge on any atom is -0.444 e. The molecule has 2 unspecified atom stereocenters. The van der Waals surface area contributed by atoms with Crippen molar-refractivity contribution in [2.45, 2.75) is 58.1 Å². The van der Waals surface area contributed by atoms with E-state index in [4.69, 9.17) is 4.74 Å². The molecule has 0 saturated heterocycles. The summed E-state index contributed by atoms with van der Waals surface area (Å²) in [6.07, 6.45) is 4.59. The van der Waals surface area contributed by atoms with Crippen LogP contribution in [0, 0.1) is 5.92 Å². The third-order valence-corrected chi connectivity index (χ3v) is 3.03. The summed E-state index contributed by atoms with van der Waals surface area (Å²) in [7, 11) is 0. The standard InChI is InChI=1S/C14H23NO3/c1-5-12(16)10-8-6-7-9-11(10)15-13(17)18-14(2,3)4/h5,10-11H,1,6-9H2,2-4H3,(H,15,17). The second-order valence-corrected chi connectivity index (χ2v) is 5.75. The number of ketones is 1. The molecule has 2 atom stereocenters. The van der Waals surface area contributed by atoms with E-state index in [1.807, 2.05) is 20.8 Å². The van der Waals surface area contributed by atoms with Crippen molar-refractivity contribution in [3.05, 3.63) is 12.7 Å². The summed E-state index contributed by atoms with van der Waals surface area (Å²) in [6.45, 7) is 8.97. The van der Waals surface area contributed by atoms with E-state index in [1.54, 1.807) is 0 Å². The van der Waals surface area contributed by atoms with E-state index in [1.165, 1.54) is 6.08 Å². The third-order valence-electron chi connectivity index (χ3n) is 3.03. The van der Waals surface area contributed by atoms with Crippen LogP contribution in [0.25, 0.3) is 0 Å². The Kier molecular flexibility index (Phi) is 4.93. The predicted molar refractivity (Wildman–Crippen MR) is 70.3 cm³/mol. The molecule has 1 aliphatic carbocycles. The number of allylic oxidation sites excluding steroid dienone is 1. The first kappa shape index (κ1) is 14.7. The summed E-state index contributed by atoms with van der Waals surface area (Å²) in [5.41, 5.74) is -0.517. The van der Waals surface area contributed by atoms with Crippen molar-refractivity contribution in [2.24, 2.45) is 5.92 Å². The highest BCUT2D eigenvalue weighted by Gasteiger charge is 2.31. The molecular formula is C14H23NO3. The fraction of sp³-hybridized carbons (Fsp3) is 0.714. The molecule has 0 spiro atoms. The van der Waals surface area contributed by atoms with E-state index < -0.39 is 11.7 Å². The minimum absolute atomic E-state index is 0.00996. The third kappa shape index (κ3) is 4.51. The van der Waals surface area contributed by atoms with E-state index in [0.29, 0.717) is 0 Å². The Morgan fingerprint density at radius 1 is 1.28 bits per heavy atom. The lowest BCUT2D eigenvalue weighted by molar-refractivity contribution is -0.119. The Morgan fingerprint density at radius 2 is 1.89 bits per heavy atom. The molecule has 1 N–H and O–H groups in total. The van der Waals surface area contributed by atoms with Crippen LogP contribution in [0.4, 0.5) is 4.79 Å². The average Bonchev–Trinajstić information content (AvgIpc) is 2.26. The Balaban J connectivity index is 2.59. The van der Waals surface area contributed by atoms with Crippen molar-refractivity contribution in [2.75, 3.05) is 0 Å². The van der Waals surface area contributed by atoms with Gasteiger partial charge >= 0.3 is 6.09 Å². The molecule has 102 valence electrons. The van der Waals surface area contributed by atoms with E-state index in [9.17, 15) is 9.59 Å². The van der Waals surface area contributed by atoms with Crippen LogP contribution in [0.5, 0.6) is 0 Å². The first-order valence-corrected chi connectivity index (χ1v) is 6.49. The first-order valence-electron chi connectivity index (χ1n) is 6.49. The van der Waals surface area contributed by atoms with Gasteiger partial charge in [-0.3, -0.25) is 4.79 Å². The smallest absolute Gasteiger partial charge is 0.407 e. The highest BCUT2D eigenvalue weighted by Crippen LogP contribution is 2.25. The van der Waals surface area contributed by atoms with Gasteiger partial charge in [-0.15, -0.1) is 0 Å². The van der Waals surface area contributed by atoms with E-state index in [2.05, 4.69) is 11.9 Å². The highest BCUT2D eigenvalue weighted by atomic mass is 16.6. The van der Waals surface area contributed by atoms with Crippen LogP contribution in [0.2, 0.25) is 0 Å². The molecular weight excluding hydrogens is 230 g/mol. The number of ether oxygens (including phenoxy) is 1. The van der Waals surface area contributed by atoms with Crippen LogP contribution < -0.4 is 5.32 Å². The largest absolute Gasteiger partial charge is 0.444 e. The van der Waals surface area contributed by atoms with Crippen molar-refractivity contribution < 1.29 is 14.3 Å². The zero-order valence-electron chi connectivity index (χ0n) is 11.5. The minimum atomic E-state index is -0.517. The van der Waals surface area contributed by atoms with Gasteiger partial charge < -0.3 is 10.1 Å². The molecule has 1 amide bonds. The maximum Gasteiger partial charge on any atom is 0.407 e. The maximum absolute atomic E-state index is 11.7. The Morgan fingerprint density at radius 3 is 2.44 bits per heavy atom. The molecule has 0 aromatic heterocycles. The van der Waals surface area contributed by atoms with Crippen LogP contribution in [0.1, 0.15) is 46.5 Å². The molecule has 1 saturated carbocycles. The summed E-state index contributed by atoms with van der Waals surface area (Å²) < 4.78 is 5.21. The summed E-state index contributed by atoms with van der Waals surface area (Å²) in [6, 6.07) is -0.126. The second-order valence-electron chi connectivity index (χ2n) is 5.75. The topological polar surface area (TPSA) is 55.4 Å². The van der Waals surface area contributed by atoms with Gasteiger partial charge in [0, 0.05) is 12.0 Å². The lowest BCUT2D eigenvalue weighted by Gasteiger charge is -2.31. The fourth-order valence-corrected chi connectivity index (χ4v) is 2.25. The van der Waals surface area contributed by atoms with Crippen molar-refractivity contribution in [1.29, 1.82) is 0 Å². The quantitative estimate of drug-likeness (QED) is 0.787. The SMILES string of the molecule is C=CC(=O)C1CCCCC1NC(=O)OC(C)(C)C. The van der Waals surface area contributed by atoms with Crippen LogP contribution in [0.3, 0.4) is 0 Å². The summed E-state index contributed by atoms with van der Waals surface area (Å²) in [5.74, 6) is -0.139. The zero-order valence-corrected chi connectivity index (χ0v) is 11.5. The molecule has 0 bridgehead atoms. The van der Waals surface area contributed by atoms with Crippen LogP contribution in [0.15, 0.2) is 12.7 Å². The summed E-state index contributed by atoms with van der Waals surface area (Å²) in [5, 5.41) is 2.81. The number of carbonyl (C=O) groups excluding carboxylic acids is 2. The number of hydrogen-bond acceptors (Lipinski definition) is 3. The van der Waals surface area contributed by atoms with E-state index in [-0.39, 0.29) is 17.7 Å². The molecule has 4 nitrogen and oxygen atoms in total. The zero-order chi connectivity index (χ0) is 13.8. The molecule has 1 rings (SSSR count). The van der Waals surface area contributed by atoms with Gasteiger partial charge in [0.25, 0.3) is 0 Å². The number of hydrogen-bond donors (Lipinski definition) is 1. The first-order chi connectivity index (χ1) is 8.33. The van der Waals surface area contributed by atoms with Gasteiger partial charge in [0.2, 0.25) is 0 Å². The van der Waals surface area contributed by atoms with Gasteiger partial charge in [0.15, 0.2) is 5.78 Å². The van der Waals surface area contributed by atoms with Gasteiger partial charge in [-0.25, -0.2) is 4.79 Å². The van der Waals surface area contributed by atoms with Crippen LogP contribution in [-0.4, -0.2) is 23.5 Å². The highest BCUT2D eigenvalue weighted by molar-refractivity contribution is 5.92. The van der Waals surface area contributed by atoms with Crippen molar-refractivity contribution in [3.8, 4) is 0 Å². The lowest BCUT2D eigenvalue weighted by Crippen LogP contribution is -2.46. The average molecular weight is 253 g/mol. The molecule has 0 aromatic rings. The molecule has 1 fully saturated rings. The lowest BCUT2D eigenvalue weighted by atomic mass is 9.82. The number of alkyl carbamates (subject to hydrolysis) is 1. The van der Waals surface area contributed by atoms with Gasteiger partial charge in [0.1, 0.15) is 5.60 Å². The summed E-state index contributed by atoms with van der Waals surface area (Å²) in [4.78, 5) is 23.4. The fourth-order valence-electron chi connectivity index (χ4n) is 2.25. The van der Waals surface area contributed by atoms with E-state index in [0.717, 1.165) is 25.7 Å². The van der Waals surface area contributed by atoms with Gasteiger partial charge in [-0.2, -0.15) is 0 Å². The molecule has 18 heavy (non-hydrogen) atoms. The number of nitrogens with one attached hydrogen (secondary N) is 1. The number of rotatable bonds is 3. The van der Waals surface area contributed by atoms with Crippen molar-refractivity contribution in [1.82, 2.24) is 5.32 Å². The predicted octanol–water partition coefficient (Wildman–Crippen LogP) is 2.83. The molecule has 0 aromatic carbocycles. The Hall–Kier alpha value is -1.32. The molecule has 4 heteroatoms. The molecule has 1 aliphatic rings. The normalized spacial score (nSPS) is 24.2. The van der Waals surface area contributed by atoms with Crippen LogP contribution >= 0.6 is 0 Å².